The zero-order valence-electron chi connectivity index (χ0n) is 37.8. The summed E-state index contributed by atoms with van der Waals surface area (Å²) in [7, 11) is 0. The van der Waals surface area contributed by atoms with Crippen molar-refractivity contribution in [2.24, 2.45) is 32.5 Å². The predicted octanol–water partition coefficient (Wildman–Crippen LogP) is 11.3. The van der Waals surface area contributed by atoms with Crippen molar-refractivity contribution in [2.75, 3.05) is 0 Å². The Labute approximate surface area is 375 Å². The van der Waals surface area contributed by atoms with Gasteiger partial charge in [0.15, 0.2) is 0 Å². The Bertz CT molecular complexity index is 3060. The van der Waals surface area contributed by atoms with Crippen LogP contribution in [0, 0.1) is 32.5 Å². The van der Waals surface area contributed by atoms with E-state index in [0.29, 0.717) is 56.7 Å². The van der Waals surface area contributed by atoms with Gasteiger partial charge in [0.1, 0.15) is 0 Å². The van der Waals surface area contributed by atoms with Gasteiger partial charge in [-0.2, -0.15) is 0 Å². The zero-order chi connectivity index (χ0) is 43.7. The van der Waals surface area contributed by atoms with E-state index in [1.54, 1.807) is 18.2 Å². The van der Waals surface area contributed by atoms with E-state index in [4.69, 9.17) is 39.9 Å². The first-order chi connectivity index (χ1) is 28.5. The fraction of sp³-hybridized carbons (Fsp3) is 0.353. The number of benzene rings is 1. The number of carboxylic acid groups (broad SMARTS) is 1. The number of hydrogen-bond acceptors (Lipinski definition) is 7. The van der Waals surface area contributed by atoms with E-state index < -0.39 is 5.97 Å². The van der Waals surface area contributed by atoms with E-state index in [-0.39, 0.29) is 57.5 Å². The average Bonchev–Trinajstić information content (AvgIpc) is 3.74. The number of rotatable bonds is 1. The molecule has 0 spiro atoms. The van der Waals surface area contributed by atoms with Gasteiger partial charge in [-0.1, -0.05) is 162 Å². The number of fused-ring (bicyclic) bond motifs is 18. The number of aromatic nitrogens is 8. The number of carboxylic acids is 1. The molecule has 5 heterocycles. The summed E-state index contributed by atoms with van der Waals surface area (Å²) < 4.78 is 0. The molecule has 0 radical (unpaired) electrons. The summed E-state index contributed by atoms with van der Waals surface area (Å²) in [4.78, 5) is 53.5. The van der Waals surface area contributed by atoms with E-state index in [9.17, 15) is 9.90 Å². The summed E-state index contributed by atoms with van der Waals surface area (Å²) in [5.74, 6) is 0.710. The minimum absolute atomic E-state index is 0. The van der Waals surface area contributed by atoms with Gasteiger partial charge in [0, 0.05) is 61.1 Å². The van der Waals surface area contributed by atoms with Crippen molar-refractivity contribution >= 4 is 73.8 Å². The quantitative estimate of drug-likeness (QED) is 0.184. The summed E-state index contributed by atoms with van der Waals surface area (Å²) in [5, 5.41) is 11.2. The number of aromatic carboxylic acids is 1. The maximum Gasteiger partial charge on any atom is 2.00 e. The second-order valence-electron chi connectivity index (χ2n) is 20.6. The Morgan fingerprint density at radius 3 is 1.16 bits per heavy atom. The van der Waals surface area contributed by atoms with Gasteiger partial charge in [-0.25, -0.2) is 14.8 Å². The van der Waals surface area contributed by atoms with Gasteiger partial charge in [0.2, 0.25) is 0 Å². The van der Waals surface area contributed by atoms with E-state index in [1.165, 1.54) is 0 Å². The summed E-state index contributed by atoms with van der Waals surface area (Å²) in [6.45, 7) is 26.7. The molecule has 62 heavy (non-hydrogen) atoms. The zero-order valence-corrected chi connectivity index (χ0v) is 40.8. The van der Waals surface area contributed by atoms with Crippen molar-refractivity contribution in [2.45, 2.75) is 83.1 Å². The molecule has 3 atom stereocenters. The standard InChI is InChI=1S/C51H53N8O2.Zn/c1-46(2,3)49(10)21-15-30-31(16-22-49)39-53-38(30)52-37-29-14-13-28(45(60)61)27-36(29)44(58-37)59-43-35-20-26-51(12,48(7,8)9)25-19-34(35)42(57-43)56-41-33-18-24-50(11,47(4,5)6)23-17-32(33)40(54-39)55-41;/h13-27H,1-12H3,(H2-,52,53,54,55,56,57,58,59,60,61);/q-1;+2/p-1. The molecule has 3 aromatic heterocycles. The average molecular weight is 874 g/mol. The maximum atomic E-state index is 12.3. The molecule has 9 rings (SSSR count). The van der Waals surface area contributed by atoms with Crippen LogP contribution in [-0.4, -0.2) is 41.0 Å². The van der Waals surface area contributed by atoms with Crippen molar-refractivity contribution in [3.8, 4) is 0 Å². The van der Waals surface area contributed by atoms with Crippen LogP contribution >= 0.6 is 0 Å². The van der Waals surface area contributed by atoms with Crippen molar-refractivity contribution < 1.29 is 29.4 Å². The predicted molar refractivity (Wildman–Crippen MR) is 246 cm³/mol. The first-order valence-electron chi connectivity index (χ1n) is 21.0. The van der Waals surface area contributed by atoms with Gasteiger partial charge in [-0.05, 0) is 50.3 Å². The van der Waals surface area contributed by atoms with Gasteiger partial charge in [-0.3, -0.25) is 0 Å². The summed E-state index contributed by atoms with van der Waals surface area (Å²) in [6.07, 6.45) is 25.9. The van der Waals surface area contributed by atoms with Crippen molar-refractivity contribution in [1.29, 1.82) is 0 Å². The molecule has 4 aromatic rings. The van der Waals surface area contributed by atoms with Crippen LogP contribution in [0.5, 0.6) is 0 Å². The van der Waals surface area contributed by atoms with Crippen LogP contribution in [0.4, 0.5) is 0 Å². The summed E-state index contributed by atoms with van der Waals surface area (Å²) in [6, 6.07) is 4.91. The van der Waals surface area contributed by atoms with Crippen LogP contribution in [0.3, 0.4) is 0 Å². The number of hydrogen-bond donors (Lipinski definition) is 1. The molecule has 8 bridgehead atoms. The topological polar surface area (TPSA) is 143 Å². The molecular weight excluding hydrogens is 822 g/mol. The van der Waals surface area contributed by atoms with Gasteiger partial charge in [0.25, 0.3) is 0 Å². The van der Waals surface area contributed by atoms with Crippen molar-refractivity contribution in [1.82, 2.24) is 39.9 Å². The first-order valence-corrected chi connectivity index (χ1v) is 21.0. The molecular formula is C51H52N8O2Zn. The third kappa shape index (κ3) is 6.84. The normalized spacial score (nSPS) is 23.2. The van der Waals surface area contributed by atoms with Crippen LogP contribution in [0.2, 0.25) is 0 Å². The van der Waals surface area contributed by atoms with Crippen LogP contribution < -0.4 is 9.97 Å². The largest absolute Gasteiger partial charge is 2.00 e. The fourth-order valence-corrected chi connectivity index (χ4v) is 7.94. The number of nitrogens with zero attached hydrogens (tertiary/aromatic N) is 8. The minimum Gasteiger partial charge on any atom is -0.478 e. The summed E-state index contributed by atoms with van der Waals surface area (Å²) >= 11 is 0. The summed E-state index contributed by atoms with van der Waals surface area (Å²) in [5.41, 5.74) is 5.45. The Hall–Kier alpha value is -5.67. The second kappa shape index (κ2) is 14.2. The van der Waals surface area contributed by atoms with Crippen LogP contribution in [0.25, 0.3) is 67.8 Å². The number of allylic oxidation sites excluding steroid dienone is 14. The van der Waals surface area contributed by atoms with Crippen LogP contribution in [0.15, 0.2) is 79.0 Å². The molecule has 3 unspecified atom stereocenters. The van der Waals surface area contributed by atoms with Gasteiger partial charge in [0.05, 0.1) is 28.9 Å². The van der Waals surface area contributed by atoms with Crippen LogP contribution in [0.1, 0.15) is 128 Å². The Morgan fingerprint density at radius 1 is 0.484 bits per heavy atom. The van der Waals surface area contributed by atoms with Crippen molar-refractivity contribution in [3.63, 3.8) is 0 Å². The van der Waals surface area contributed by atoms with E-state index in [0.717, 1.165) is 33.4 Å². The molecule has 1 aromatic carbocycles. The maximum absolute atomic E-state index is 12.3. The Balaban J connectivity index is 0.00000529. The molecule has 0 saturated heterocycles. The Kier molecular flexibility index (Phi) is 9.83. The molecule has 5 aliphatic rings. The van der Waals surface area contributed by atoms with Gasteiger partial charge in [-0.15, -0.1) is 0 Å². The molecule has 11 heteroatoms. The molecule has 10 nitrogen and oxygen atoms in total. The minimum atomic E-state index is -1.05. The smallest absolute Gasteiger partial charge is 0.478 e. The van der Waals surface area contributed by atoms with Gasteiger partial charge < -0.3 is 35.0 Å². The molecule has 1 N–H and O–H groups in total. The van der Waals surface area contributed by atoms with Crippen LogP contribution in [-0.2, 0) is 19.5 Å². The van der Waals surface area contributed by atoms with Gasteiger partial charge >= 0.3 is 25.4 Å². The molecule has 2 aliphatic heterocycles. The third-order valence-corrected chi connectivity index (χ3v) is 14.2. The van der Waals surface area contributed by atoms with E-state index >= 15 is 0 Å². The molecule has 0 fully saturated rings. The molecule has 0 saturated carbocycles. The number of carbonyl (C=O) groups is 1. The monoisotopic (exact) mass is 872 g/mol. The van der Waals surface area contributed by atoms with E-state index in [1.807, 2.05) is 0 Å². The Morgan fingerprint density at radius 2 is 0.806 bits per heavy atom. The SMILES string of the molecule is CC(C)(C)C1(C)C=CC2=C(C=C1)c1nc2nc2[n-]c(nc3nc(nc4[n-]c(n1)c1ccc(C(=O)O)cc41)C1=C3C=CC(C)(C(C)(C)C)C=C1)c1c2C=CC(C)(C(C)(C)C)C=C1.[Zn+2]. The molecule has 3 aliphatic carbocycles. The fourth-order valence-electron chi connectivity index (χ4n) is 7.94. The first kappa shape index (κ1) is 43.0. The van der Waals surface area contributed by atoms with Crippen molar-refractivity contribution in [3.05, 3.63) is 119 Å². The molecule has 310 valence electrons. The second-order valence-corrected chi connectivity index (χ2v) is 20.6. The molecule has 0 amide bonds. The third-order valence-electron chi connectivity index (χ3n) is 14.2. The van der Waals surface area contributed by atoms with E-state index in [2.05, 4.69) is 156 Å².